The van der Waals surface area contributed by atoms with E-state index in [4.69, 9.17) is 20.4 Å². The molecule has 0 amide bonds. The monoisotopic (exact) mass is 219 g/mol. The zero-order chi connectivity index (χ0) is 12.5. The van der Waals surface area contributed by atoms with Crippen molar-refractivity contribution in [3.8, 4) is 0 Å². The summed E-state index contributed by atoms with van der Waals surface area (Å²) in [6.45, 7) is 7.19. The lowest BCUT2D eigenvalue weighted by molar-refractivity contribution is -0.154. The molecule has 5 nitrogen and oxygen atoms in total. The van der Waals surface area contributed by atoms with Crippen LogP contribution in [0.5, 0.6) is 0 Å². The van der Waals surface area contributed by atoms with Gasteiger partial charge in [0.15, 0.2) is 0 Å². The largest absolute Gasteiger partial charge is 0.481 e. The quantitative estimate of drug-likeness (QED) is 0.695. The van der Waals surface area contributed by atoms with Crippen molar-refractivity contribution in [1.82, 2.24) is 0 Å². The Hall–Kier alpha value is -1.10. The van der Waals surface area contributed by atoms with E-state index in [0.717, 1.165) is 6.92 Å². The molecule has 0 radical (unpaired) electrons. The lowest BCUT2D eigenvalue weighted by atomic mass is 10.2. The van der Waals surface area contributed by atoms with Crippen molar-refractivity contribution in [3.05, 3.63) is 0 Å². The topological polar surface area (TPSA) is 89.6 Å². The van der Waals surface area contributed by atoms with Crippen LogP contribution >= 0.6 is 0 Å². The zero-order valence-electron chi connectivity index (χ0n) is 9.87. The van der Waals surface area contributed by atoms with Gasteiger partial charge in [0.25, 0.3) is 5.97 Å². The van der Waals surface area contributed by atoms with Crippen LogP contribution in [-0.4, -0.2) is 29.2 Å². The normalized spacial score (nSPS) is 9.93. The van der Waals surface area contributed by atoms with Crippen LogP contribution in [0.1, 0.15) is 40.5 Å². The molecule has 0 aromatic rings. The molecular weight excluding hydrogens is 198 g/mol. The summed E-state index contributed by atoms with van der Waals surface area (Å²) in [7, 11) is 0. The van der Waals surface area contributed by atoms with Crippen molar-refractivity contribution in [2.24, 2.45) is 5.73 Å². The van der Waals surface area contributed by atoms with Gasteiger partial charge in [0.1, 0.15) is 5.60 Å². The van der Waals surface area contributed by atoms with Crippen LogP contribution in [0.25, 0.3) is 0 Å². The van der Waals surface area contributed by atoms with Crippen molar-refractivity contribution < 1.29 is 19.4 Å². The third-order valence-electron chi connectivity index (χ3n) is 1.01. The van der Waals surface area contributed by atoms with E-state index in [-0.39, 0.29) is 11.6 Å². The van der Waals surface area contributed by atoms with Gasteiger partial charge >= 0.3 is 5.97 Å². The van der Waals surface area contributed by atoms with E-state index >= 15 is 0 Å². The van der Waals surface area contributed by atoms with E-state index in [1.807, 2.05) is 20.8 Å². The molecular formula is C10H21NO4. The Morgan fingerprint density at radius 3 is 2.00 bits per heavy atom. The average molecular weight is 219 g/mol. The molecule has 0 fully saturated rings. The minimum Gasteiger partial charge on any atom is -0.481 e. The second kappa shape index (κ2) is 8.23. The molecule has 15 heavy (non-hydrogen) atoms. The van der Waals surface area contributed by atoms with Gasteiger partial charge in [-0.25, -0.2) is 0 Å². The summed E-state index contributed by atoms with van der Waals surface area (Å²) in [5, 5.41) is 7.42. The van der Waals surface area contributed by atoms with Crippen molar-refractivity contribution in [2.45, 2.75) is 46.1 Å². The van der Waals surface area contributed by atoms with E-state index in [2.05, 4.69) is 0 Å². The zero-order valence-corrected chi connectivity index (χ0v) is 9.87. The molecule has 90 valence electrons. The maximum atomic E-state index is 10.9. The first kappa shape index (κ1) is 16.3. The number of hydrogen-bond acceptors (Lipinski definition) is 4. The van der Waals surface area contributed by atoms with E-state index in [0.29, 0.717) is 19.4 Å². The van der Waals surface area contributed by atoms with Crippen molar-refractivity contribution in [1.29, 1.82) is 0 Å². The molecule has 0 aliphatic heterocycles. The number of carboxylic acids is 1. The summed E-state index contributed by atoms with van der Waals surface area (Å²) in [5.74, 6) is -0.997. The molecule has 0 bridgehead atoms. The second-order valence-electron chi connectivity index (χ2n) is 4.00. The van der Waals surface area contributed by atoms with Gasteiger partial charge in [-0.1, -0.05) is 0 Å². The number of rotatable bonds is 3. The van der Waals surface area contributed by atoms with Crippen molar-refractivity contribution in [2.75, 3.05) is 6.54 Å². The Bertz CT molecular complexity index is 192. The van der Waals surface area contributed by atoms with Crippen LogP contribution in [0.4, 0.5) is 0 Å². The van der Waals surface area contributed by atoms with Crippen LogP contribution in [0.15, 0.2) is 0 Å². The number of esters is 1. The van der Waals surface area contributed by atoms with Gasteiger partial charge < -0.3 is 15.6 Å². The molecule has 0 heterocycles. The molecule has 0 rings (SSSR count). The van der Waals surface area contributed by atoms with E-state index in [1.54, 1.807) is 0 Å². The number of aliphatic carboxylic acids is 1. The third kappa shape index (κ3) is 24.6. The number of ether oxygens (including phenoxy) is 1. The van der Waals surface area contributed by atoms with Crippen LogP contribution in [0.2, 0.25) is 0 Å². The van der Waals surface area contributed by atoms with Crippen LogP contribution in [-0.2, 0) is 14.3 Å². The highest BCUT2D eigenvalue weighted by Crippen LogP contribution is 2.08. The number of carbonyl (C=O) groups excluding carboxylic acids is 1. The summed E-state index contributed by atoms with van der Waals surface area (Å²) in [5.41, 5.74) is 4.86. The van der Waals surface area contributed by atoms with E-state index in [9.17, 15) is 4.79 Å². The average Bonchev–Trinajstić information content (AvgIpc) is 1.96. The standard InChI is InChI=1S/C8H17NO2.C2H4O2/c1-8(2,3)11-7(10)5-4-6-9;1-2(3)4/h4-6,9H2,1-3H3;1H3,(H,3,4). The fourth-order valence-corrected chi connectivity index (χ4v) is 0.639. The fourth-order valence-electron chi connectivity index (χ4n) is 0.639. The number of carbonyl (C=O) groups is 2. The molecule has 0 aromatic carbocycles. The lowest BCUT2D eigenvalue weighted by Crippen LogP contribution is -2.24. The van der Waals surface area contributed by atoms with Crippen molar-refractivity contribution >= 4 is 11.9 Å². The minimum atomic E-state index is -0.833. The SMILES string of the molecule is CC(=O)O.CC(C)(C)OC(=O)CCCN. The molecule has 3 N–H and O–H groups in total. The highest BCUT2D eigenvalue weighted by Gasteiger charge is 2.14. The number of nitrogens with two attached hydrogens (primary N) is 1. The van der Waals surface area contributed by atoms with E-state index in [1.165, 1.54) is 0 Å². The molecule has 0 aromatic heterocycles. The first-order valence-corrected chi connectivity index (χ1v) is 4.80. The molecule has 0 aliphatic rings. The fraction of sp³-hybridized carbons (Fsp3) is 0.800. The van der Waals surface area contributed by atoms with Gasteiger partial charge in [-0.15, -0.1) is 0 Å². The molecule has 0 atom stereocenters. The third-order valence-corrected chi connectivity index (χ3v) is 1.01. The highest BCUT2D eigenvalue weighted by atomic mass is 16.6. The first-order valence-electron chi connectivity index (χ1n) is 4.80. The molecule has 0 saturated carbocycles. The Kier molecular flexibility index (Phi) is 8.96. The van der Waals surface area contributed by atoms with Crippen LogP contribution < -0.4 is 5.73 Å². The smallest absolute Gasteiger partial charge is 0.306 e. The molecule has 0 spiro atoms. The maximum Gasteiger partial charge on any atom is 0.306 e. The van der Waals surface area contributed by atoms with E-state index < -0.39 is 5.97 Å². The van der Waals surface area contributed by atoms with Gasteiger partial charge in [-0.3, -0.25) is 9.59 Å². The van der Waals surface area contributed by atoms with Gasteiger partial charge in [-0.2, -0.15) is 0 Å². The summed E-state index contributed by atoms with van der Waals surface area (Å²) >= 11 is 0. The Balaban J connectivity index is 0. The van der Waals surface area contributed by atoms with Gasteiger partial charge in [-0.05, 0) is 33.7 Å². The van der Waals surface area contributed by atoms with Crippen molar-refractivity contribution in [3.63, 3.8) is 0 Å². The Morgan fingerprint density at radius 1 is 1.33 bits per heavy atom. The van der Waals surface area contributed by atoms with Gasteiger partial charge in [0.2, 0.25) is 0 Å². The predicted octanol–water partition coefficient (Wildman–Crippen LogP) is 1.16. The molecule has 0 unspecified atom stereocenters. The minimum absolute atomic E-state index is 0.164. The molecule has 0 saturated heterocycles. The lowest BCUT2D eigenvalue weighted by Gasteiger charge is -2.19. The van der Waals surface area contributed by atoms with Crippen LogP contribution in [0, 0.1) is 0 Å². The highest BCUT2D eigenvalue weighted by molar-refractivity contribution is 5.69. The summed E-state index contributed by atoms with van der Waals surface area (Å²) in [6.07, 6.45) is 1.13. The second-order valence-corrected chi connectivity index (χ2v) is 4.00. The molecule has 5 heteroatoms. The Morgan fingerprint density at radius 2 is 1.73 bits per heavy atom. The first-order chi connectivity index (χ1) is 6.69. The number of hydrogen-bond donors (Lipinski definition) is 2. The van der Waals surface area contributed by atoms with Gasteiger partial charge in [0.05, 0.1) is 0 Å². The predicted molar refractivity (Wildman–Crippen MR) is 57.4 cm³/mol. The summed E-state index contributed by atoms with van der Waals surface area (Å²) in [4.78, 5) is 19.9. The molecule has 0 aliphatic carbocycles. The van der Waals surface area contributed by atoms with Gasteiger partial charge in [0, 0.05) is 13.3 Å². The Labute approximate surface area is 90.6 Å². The summed E-state index contributed by atoms with van der Waals surface area (Å²) in [6, 6.07) is 0. The summed E-state index contributed by atoms with van der Waals surface area (Å²) < 4.78 is 5.05. The van der Waals surface area contributed by atoms with Crippen LogP contribution in [0.3, 0.4) is 0 Å². The number of carboxylic acid groups (broad SMARTS) is 1. The maximum absolute atomic E-state index is 10.9.